The van der Waals surface area contributed by atoms with Crippen LogP contribution in [-0.2, 0) is 33.7 Å². The maximum Gasteiger partial charge on any atom is 0.335 e. The van der Waals surface area contributed by atoms with Gasteiger partial charge >= 0.3 is 5.97 Å². The molecule has 2 rings (SSSR count). The van der Waals surface area contributed by atoms with Gasteiger partial charge in [0, 0.05) is 24.9 Å². The Bertz CT molecular complexity index is 663. The van der Waals surface area contributed by atoms with Crippen molar-refractivity contribution < 1.29 is 19.0 Å². The highest BCUT2D eigenvalue weighted by Gasteiger charge is 2.20. The molecule has 1 heterocycles. The molecule has 142 valence electrons. The van der Waals surface area contributed by atoms with Gasteiger partial charge in [0.25, 0.3) is 0 Å². The fraction of sp³-hybridized carbons (Fsp3) is 0.476. The van der Waals surface area contributed by atoms with E-state index in [9.17, 15) is 4.79 Å². The molecule has 2 aromatic rings. The number of rotatable bonds is 11. The van der Waals surface area contributed by atoms with Crippen LogP contribution in [0.3, 0.4) is 0 Å². The van der Waals surface area contributed by atoms with Crippen molar-refractivity contribution in [1.29, 1.82) is 0 Å². The normalized spacial score (nSPS) is 12.0. The molecule has 5 nitrogen and oxygen atoms in total. The molecule has 0 saturated heterocycles. The van der Waals surface area contributed by atoms with Crippen molar-refractivity contribution in [3.8, 4) is 5.75 Å². The Labute approximate surface area is 155 Å². The number of ether oxygens (including phenoxy) is 3. The molecule has 0 N–H and O–H groups in total. The quantitative estimate of drug-likeness (QED) is 0.575. The van der Waals surface area contributed by atoms with Gasteiger partial charge in [-0.25, -0.2) is 4.79 Å². The third kappa shape index (κ3) is 5.92. The number of esters is 1. The summed E-state index contributed by atoms with van der Waals surface area (Å²) in [5.41, 5.74) is 2.33. The summed E-state index contributed by atoms with van der Waals surface area (Å²) in [5, 5.41) is 0. The van der Waals surface area contributed by atoms with Crippen molar-refractivity contribution in [3.05, 3.63) is 53.9 Å². The van der Waals surface area contributed by atoms with Gasteiger partial charge in [0.2, 0.25) is 0 Å². The van der Waals surface area contributed by atoms with E-state index >= 15 is 0 Å². The molecule has 0 spiro atoms. The zero-order valence-electron chi connectivity index (χ0n) is 15.9. The van der Waals surface area contributed by atoms with Crippen LogP contribution in [0.15, 0.2) is 42.6 Å². The number of hydrogen-bond donors (Lipinski definition) is 0. The number of benzene rings is 1. The molecule has 0 aliphatic carbocycles. The zero-order valence-corrected chi connectivity index (χ0v) is 15.9. The number of carbonyl (C=O) groups is 1. The molecule has 1 unspecified atom stereocenters. The van der Waals surface area contributed by atoms with Crippen LogP contribution in [0.25, 0.3) is 0 Å². The van der Waals surface area contributed by atoms with E-state index in [0.717, 1.165) is 24.3 Å². The molecular weight excluding hydrogens is 330 g/mol. The molecule has 5 heteroatoms. The minimum atomic E-state index is -0.562. The first-order valence-corrected chi connectivity index (χ1v) is 9.31. The Morgan fingerprint density at radius 2 is 1.85 bits per heavy atom. The predicted octanol–water partition coefficient (Wildman–Crippen LogP) is 3.64. The van der Waals surface area contributed by atoms with Crippen LogP contribution >= 0.6 is 0 Å². The van der Waals surface area contributed by atoms with Gasteiger partial charge in [-0.2, -0.15) is 0 Å². The maximum absolute atomic E-state index is 11.9. The molecule has 1 aromatic carbocycles. The lowest BCUT2D eigenvalue weighted by atomic mass is 10.1. The minimum absolute atomic E-state index is 0.312. The van der Waals surface area contributed by atoms with Crippen molar-refractivity contribution in [2.24, 2.45) is 0 Å². The van der Waals surface area contributed by atoms with Crippen LogP contribution in [0.4, 0.5) is 0 Å². The highest BCUT2D eigenvalue weighted by atomic mass is 16.6. The van der Waals surface area contributed by atoms with Crippen molar-refractivity contribution >= 4 is 5.97 Å². The van der Waals surface area contributed by atoms with Crippen LogP contribution in [0.5, 0.6) is 5.75 Å². The fourth-order valence-electron chi connectivity index (χ4n) is 2.83. The number of nitrogens with zero attached hydrogens (tertiary/aromatic N) is 1. The second kappa shape index (κ2) is 10.7. The summed E-state index contributed by atoms with van der Waals surface area (Å²) in [6, 6.07) is 12.0. The van der Waals surface area contributed by atoms with Crippen LogP contribution < -0.4 is 4.74 Å². The van der Waals surface area contributed by atoms with Crippen molar-refractivity contribution in [2.75, 3.05) is 19.8 Å². The highest BCUT2D eigenvalue weighted by Crippen LogP contribution is 2.15. The van der Waals surface area contributed by atoms with Gasteiger partial charge in [-0.15, -0.1) is 0 Å². The lowest BCUT2D eigenvalue weighted by molar-refractivity contribution is -0.156. The smallest absolute Gasteiger partial charge is 0.335 e. The number of carbonyl (C=O) groups excluding carboxylic acids is 1. The lowest BCUT2D eigenvalue weighted by Gasteiger charge is -2.16. The average Bonchev–Trinajstić information content (AvgIpc) is 3.10. The van der Waals surface area contributed by atoms with Gasteiger partial charge in [-0.1, -0.05) is 19.1 Å². The predicted molar refractivity (Wildman–Crippen MR) is 101 cm³/mol. The van der Waals surface area contributed by atoms with E-state index in [4.69, 9.17) is 14.2 Å². The van der Waals surface area contributed by atoms with Gasteiger partial charge in [0.15, 0.2) is 6.10 Å². The first kappa shape index (κ1) is 20.0. The van der Waals surface area contributed by atoms with Gasteiger partial charge in [-0.05, 0) is 50.1 Å². The minimum Gasteiger partial charge on any atom is -0.492 e. The molecule has 0 bridgehead atoms. The molecule has 1 atom stereocenters. The standard InChI is InChI=1S/C21H29NO4/c1-4-18-8-7-13-22(18)14-15-26-19-11-9-17(10-12-19)16-20(24-5-2)21(23)25-6-3/h7-13,20H,4-6,14-16H2,1-3H3. The Balaban J connectivity index is 1.85. The molecule has 1 aromatic heterocycles. The summed E-state index contributed by atoms with van der Waals surface area (Å²) in [6.07, 6.45) is 3.03. The van der Waals surface area contributed by atoms with Crippen LogP contribution in [0.1, 0.15) is 32.0 Å². The van der Waals surface area contributed by atoms with Crippen LogP contribution in [-0.4, -0.2) is 36.5 Å². The molecule has 0 aliphatic heterocycles. The topological polar surface area (TPSA) is 49.7 Å². The molecule has 0 amide bonds. The van der Waals surface area contributed by atoms with E-state index in [1.165, 1.54) is 5.69 Å². The maximum atomic E-state index is 11.9. The van der Waals surface area contributed by atoms with Crippen LogP contribution in [0.2, 0.25) is 0 Å². The van der Waals surface area contributed by atoms with Crippen molar-refractivity contribution in [2.45, 2.75) is 46.3 Å². The number of aromatic nitrogens is 1. The van der Waals surface area contributed by atoms with E-state index in [-0.39, 0.29) is 5.97 Å². The third-order valence-electron chi connectivity index (χ3n) is 4.15. The molecule has 26 heavy (non-hydrogen) atoms. The zero-order chi connectivity index (χ0) is 18.8. The van der Waals surface area contributed by atoms with E-state index in [1.807, 2.05) is 31.2 Å². The monoisotopic (exact) mass is 359 g/mol. The second-order valence-electron chi connectivity index (χ2n) is 5.94. The average molecular weight is 359 g/mol. The Morgan fingerprint density at radius 1 is 1.08 bits per heavy atom. The summed E-state index contributed by atoms with van der Waals surface area (Å²) in [4.78, 5) is 11.9. The van der Waals surface area contributed by atoms with E-state index in [0.29, 0.717) is 26.2 Å². The molecule has 0 saturated carbocycles. The van der Waals surface area contributed by atoms with Gasteiger partial charge in [0.1, 0.15) is 12.4 Å². The summed E-state index contributed by atoms with van der Waals surface area (Å²) < 4.78 is 18.6. The van der Waals surface area contributed by atoms with Crippen molar-refractivity contribution in [1.82, 2.24) is 4.57 Å². The van der Waals surface area contributed by atoms with Gasteiger partial charge in [-0.3, -0.25) is 0 Å². The molecule has 0 radical (unpaired) electrons. The summed E-state index contributed by atoms with van der Waals surface area (Å²) in [6.45, 7) is 8.10. The molecule has 0 fully saturated rings. The number of aryl methyl sites for hydroxylation is 1. The number of hydrogen-bond acceptors (Lipinski definition) is 4. The molecular formula is C21H29NO4. The van der Waals surface area contributed by atoms with Gasteiger partial charge < -0.3 is 18.8 Å². The first-order chi connectivity index (χ1) is 12.7. The third-order valence-corrected chi connectivity index (χ3v) is 4.15. The SMILES string of the molecule is CCOC(=O)C(Cc1ccc(OCCn2cccc2CC)cc1)OCC. The summed E-state index contributed by atoms with van der Waals surface area (Å²) in [5.74, 6) is 0.510. The van der Waals surface area contributed by atoms with Crippen molar-refractivity contribution in [3.63, 3.8) is 0 Å². The second-order valence-corrected chi connectivity index (χ2v) is 5.94. The van der Waals surface area contributed by atoms with E-state index in [2.05, 4.69) is 29.8 Å². The Morgan fingerprint density at radius 3 is 2.50 bits per heavy atom. The Kier molecular flexibility index (Phi) is 8.22. The highest BCUT2D eigenvalue weighted by molar-refractivity contribution is 5.75. The van der Waals surface area contributed by atoms with Crippen LogP contribution in [0, 0.1) is 0 Å². The van der Waals surface area contributed by atoms with Gasteiger partial charge in [0.05, 0.1) is 13.2 Å². The largest absolute Gasteiger partial charge is 0.492 e. The Hall–Kier alpha value is -2.27. The molecule has 0 aliphatic rings. The summed E-state index contributed by atoms with van der Waals surface area (Å²) in [7, 11) is 0. The lowest BCUT2D eigenvalue weighted by Crippen LogP contribution is -2.28. The fourth-order valence-corrected chi connectivity index (χ4v) is 2.83. The van der Waals surface area contributed by atoms with E-state index < -0.39 is 6.10 Å². The van der Waals surface area contributed by atoms with E-state index in [1.54, 1.807) is 6.92 Å². The summed E-state index contributed by atoms with van der Waals surface area (Å²) >= 11 is 0. The first-order valence-electron chi connectivity index (χ1n) is 9.31.